The van der Waals surface area contributed by atoms with Gasteiger partial charge in [-0.3, -0.25) is 9.78 Å². The van der Waals surface area contributed by atoms with Crippen molar-refractivity contribution in [3.63, 3.8) is 0 Å². The summed E-state index contributed by atoms with van der Waals surface area (Å²) in [7, 11) is 0. The fraction of sp³-hybridized carbons (Fsp3) is 0.143. The highest BCUT2D eigenvalue weighted by atomic mass is 79.9. The predicted molar refractivity (Wildman–Crippen MR) is 83.6 cm³/mol. The maximum atomic E-state index is 11.9. The topological polar surface area (TPSA) is 68.0 Å². The molecule has 0 spiro atoms. The van der Waals surface area contributed by atoms with Gasteiger partial charge in [-0.15, -0.1) is 0 Å². The van der Waals surface area contributed by atoms with Gasteiger partial charge in [0.2, 0.25) is 5.91 Å². The number of rotatable bonds is 4. The quantitative estimate of drug-likeness (QED) is 0.885. The first-order valence-electron chi connectivity index (χ1n) is 5.87. The Morgan fingerprint density at radius 2 is 2.20 bits per heavy atom. The van der Waals surface area contributed by atoms with Crippen molar-refractivity contribution >= 4 is 39.1 Å². The molecule has 0 saturated carbocycles. The predicted octanol–water partition coefficient (Wildman–Crippen LogP) is 3.31. The minimum Gasteiger partial charge on any atom is -0.368 e. The van der Waals surface area contributed by atoms with Crippen molar-refractivity contribution in [1.29, 1.82) is 0 Å². The van der Waals surface area contributed by atoms with E-state index in [1.54, 1.807) is 49.6 Å². The van der Waals surface area contributed by atoms with Crippen LogP contribution in [0.15, 0.2) is 47.2 Å². The molecule has 1 unspecified atom stereocenters. The molecule has 0 bridgehead atoms. The lowest BCUT2D eigenvalue weighted by Gasteiger charge is -2.29. The Bertz CT molecular complexity index is 636. The van der Waals surface area contributed by atoms with Crippen LogP contribution in [0.2, 0.25) is 5.02 Å². The van der Waals surface area contributed by atoms with Crippen LogP contribution in [0, 0.1) is 0 Å². The highest BCUT2D eigenvalue weighted by molar-refractivity contribution is 9.10. The third-order valence-electron chi connectivity index (χ3n) is 3.05. The van der Waals surface area contributed by atoms with Crippen LogP contribution in [0.3, 0.4) is 0 Å². The van der Waals surface area contributed by atoms with Crippen LogP contribution in [0.25, 0.3) is 0 Å². The van der Waals surface area contributed by atoms with E-state index in [2.05, 4.69) is 26.2 Å². The Morgan fingerprint density at radius 3 is 2.75 bits per heavy atom. The number of halogens is 2. The Morgan fingerprint density at radius 1 is 1.45 bits per heavy atom. The van der Waals surface area contributed by atoms with Gasteiger partial charge in [0.25, 0.3) is 0 Å². The standard InChI is InChI=1S/C14H13BrClN3O/c1-14(13(17)20,9-3-2-6-18-8-9)19-10-4-5-12(16)11(15)7-10/h2-8,19H,1H3,(H2,17,20). The molecule has 20 heavy (non-hydrogen) atoms. The summed E-state index contributed by atoms with van der Waals surface area (Å²) in [6.45, 7) is 1.72. The lowest BCUT2D eigenvalue weighted by molar-refractivity contribution is -0.122. The Hall–Kier alpha value is -1.59. The summed E-state index contributed by atoms with van der Waals surface area (Å²) in [5.74, 6) is -0.489. The number of primary amides is 1. The maximum absolute atomic E-state index is 11.9. The van der Waals surface area contributed by atoms with E-state index in [9.17, 15) is 4.79 Å². The minimum absolute atomic E-state index is 0.489. The molecule has 4 nitrogen and oxygen atoms in total. The van der Waals surface area contributed by atoms with Crippen LogP contribution in [-0.2, 0) is 10.3 Å². The van der Waals surface area contributed by atoms with Crippen LogP contribution in [-0.4, -0.2) is 10.9 Å². The Balaban J connectivity index is 2.39. The van der Waals surface area contributed by atoms with Crippen LogP contribution in [0.1, 0.15) is 12.5 Å². The molecule has 1 atom stereocenters. The fourth-order valence-electron chi connectivity index (χ4n) is 1.80. The molecule has 3 N–H and O–H groups in total. The number of anilines is 1. The summed E-state index contributed by atoms with van der Waals surface area (Å²) in [5.41, 5.74) is 5.92. The van der Waals surface area contributed by atoms with Gasteiger partial charge >= 0.3 is 0 Å². The number of carbonyl (C=O) groups is 1. The number of hydrogen-bond donors (Lipinski definition) is 2. The number of nitrogens with two attached hydrogens (primary N) is 1. The monoisotopic (exact) mass is 353 g/mol. The van der Waals surface area contributed by atoms with Crippen LogP contribution < -0.4 is 11.1 Å². The number of aromatic nitrogens is 1. The van der Waals surface area contributed by atoms with Crippen molar-refractivity contribution in [2.75, 3.05) is 5.32 Å². The van der Waals surface area contributed by atoms with Gasteiger partial charge < -0.3 is 11.1 Å². The van der Waals surface area contributed by atoms with Gasteiger partial charge in [-0.05, 0) is 47.1 Å². The number of pyridine rings is 1. The normalized spacial score (nSPS) is 13.6. The van der Waals surface area contributed by atoms with E-state index >= 15 is 0 Å². The van der Waals surface area contributed by atoms with Crippen molar-refractivity contribution < 1.29 is 4.79 Å². The zero-order valence-electron chi connectivity index (χ0n) is 10.7. The second kappa shape index (κ2) is 5.81. The SMILES string of the molecule is CC(Nc1ccc(Cl)c(Br)c1)(C(N)=O)c1cccnc1. The van der Waals surface area contributed by atoms with Gasteiger partial charge in [0.15, 0.2) is 0 Å². The molecule has 1 heterocycles. The second-order valence-corrected chi connectivity index (χ2v) is 5.75. The highest BCUT2D eigenvalue weighted by Gasteiger charge is 2.33. The average molecular weight is 355 g/mol. The van der Waals surface area contributed by atoms with E-state index in [0.717, 1.165) is 10.2 Å². The zero-order valence-corrected chi connectivity index (χ0v) is 13.1. The largest absolute Gasteiger partial charge is 0.368 e. The molecular formula is C14H13BrClN3O. The molecule has 0 aliphatic carbocycles. The molecule has 2 rings (SSSR count). The molecule has 0 radical (unpaired) electrons. The van der Waals surface area contributed by atoms with E-state index in [0.29, 0.717) is 10.6 Å². The molecule has 0 aliphatic rings. The summed E-state index contributed by atoms with van der Waals surface area (Å²) in [4.78, 5) is 15.9. The van der Waals surface area contributed by atoms with E-state index in [1.165, 1.54) is 0 Å². The Labute approximate surface area is 130 Å². The third-order valence-corrected chi connectivity index (χ3v) is 4.26. The number of nitrogens with zero attached hydrogens (tertiary/aromatic N) is 1. The van der Waals surface area contributed by atoms with Crippen molar-refractivity contribution in [2.45, 2.75) is 12.5 Å². The number of carbonyl (C=O) groups excluding carboxylic acids is 1. The number of nitrogens with one attached hydrogen (secondary N) is 1. The Kier molecular flexibility index (Phi) is 4.30. The van der Waals surface area contributed by atoms with Gasteiger partial charge in [-0.25, -0.2) is 0 Å². The lowest BCUT2D eigenvalue weighted by atomic mass is 9.92. The molecule has 0 aliphatic heterocycles. The van der Waals surface area contributed by atoms with Gasteiger partial charge in [-0.2, -0.15) is 0 Å². The van der Waals surface area contributed by atoms with Gasteiger partial charge in [-0.1, -0.05) is 17.7 Å². The summed E-state index contributed by atoms with van der Waals surface area (Å²) in [6.07, 6.45) is 3.26. The summed E-state index contributed by atoms with van der Waals surface area (Å²) < 4.78 is 0.738. The first-order chi connectivity index (χ1) is 9.43. The molecule has 1 amide bonds. The second-order valence-electron chi connectivity index (χ2n) is 4.48. The summed E-state index contributed by atoms with van der Waals surface area (Å²) >= 11 is 9.30. The zero-order chi connectivity index (χ0) is 14.8. The van der Waals surface area contributed by atoms with Crippen LogP contribution in [0.4, 0.5) is 5.69 Å². The smallest absolute Gasteiger partial charge is 0.247 e. The highest BCUT2D eigenvalue weighted by Crippen LogP contribution is 2.30. The van der Waals surface area contributed by atoms with E-state index in [1.807, 2.05) is 0 Å². The number of amides is 1. The van der Waals surface area contributed by atoms with Gasteiger partial charge in [0.1, 0.15) is 5.54 Å². The maximum Gasteiger partial charge on any atom is 0.247 e. The van der Waals surface area contributed by atoms with E-state index < -0.39 is 11.4 Å². The van der Waals surface area contributed by atoms with Crippen molar-refractivity contribution in [3.05, 3.63) is 57.8 Å². The molecule has 0 saturated heterocycles. The molecule has 1 aromatic carbocycles. The molecule has 104 valence electrons. The van der Waals surface area contributed by atoms with Crippen molar-refractivity contribution in [2.24, 2.45) is 5.73 Å². The fourth-order valence-corrected chi connectivity index (χ4v) is 2.29. The number of benzene rings is 1. The molecule has 6 heteroatoms. The van der Waals surface area contributed by atoms with Crippen molar-refractivity contribution in [1.82, 2.24) is 4.98 Å². The van der Waals surface area contributed by atoms with Crippen molar-refractivity contribution in [3.8, 4) is 0 Å². The summed E-state index contributed by atoms with van der Waals surface area (Å²) in [6, 6.07) is 8.87. The van der Waals surface area contributed by atoms with Gasteiger partial charge in [0, 0.05) is 28.1 Å². The molecule has 1 aromatic heterocycles. The molecular weight excluding hydrogens is 342 g/mol. The van der Waals surface area contributed by atoms with E-state index in [-0.39, 0.29) is 0 Å². The average Bonchev–Trinajstić information content (AvgIpc) is 2.43. The number of hydrogen-bond acceptors (Lipinski definition) is 3. The first-order valence-corrected chi connectivity index (χ1v) is 7.04. The minimum atomic E-state index is -1.05. The summed E-state index contributed by atoms with van der Waals surface area (Å²) in [5, 5.41) is 3.73. The first kappa shape index (κ1) is 14.8. The molecule has 2 aromatic rings. The molecule has 0 fully saturated rings. The van der Waals surface area contributed by atoms with E-state index in [4.69, 9.17) is 17.3 Å². The van der Waals surface area contributed by atoms with Gasteiger partial charge in [0.05, 0.1) is 5.02 Å². The third kappa shape index (κ3) is 2.94. The lowest BCUT2D eigenvalue weighted by Crippen LogP contribution is -2.45. The van der Waals surface area contributed by atoms with Crippen LogP contribution in [0.5, 0.6) is 0 Å². The van der Waals surface area contributed by atoms with Crippen LogP contribution >= 0.6 is 27.5 Å².